The maximum absolute atomic E-state index is 12.4. The molecule has 0 saturated carbocycles. The van der Waals surface area contributed by atoms with Crippen molar-refractivity contribution in [3.8, 4) is 0 Å². The van der Waals surface area contributed by atoms with Crippen LogP contribution in [0.3, 0.4) is 0 Å². The first kappa shape index (κ1) is 10.4. The van der Waals surface area contributed by atoms with Crippen molar-refractivity contribution in [1.29, 1.82) is 0 Å². The van der Waals surface area contributed by atoms with Gasteiger partial charge >= 0.3 is 0 Å². The van der Waals surface area contributed by atoms with Crippen molar-refractivity contribution in [2.75, 3.05) is 0 Å². The zero-order valence-electron chi connectivity index (χ0n) is 7.39. The van der Waals surface area contributed by atoms with E-state index in [2.05, 4.69) is 6.58 Å². The Balaban J connectivity index is 4.35. The number of halogens is 1. The molecule has 0 saturated heterocycles. The number of nitrogens with two attached hydrogens (primary N) is 1. The summed E-state index contributed by atoms with van der Waals surface area (Å²) in [6.45, 7) is 8.69. The third-order valence-corrected chi connectivity index (χ3v) is 1.90. The van der Waals surface area contributed by atoms with E-state index in [1.165, 1.54) is 13.0 Å². The van der Waals surface area contributed by atoms with Crippen LogP contribution in [0.2, 0.25) is 0 Å². The van der Waals surface area contributed by atoms with Crippen molar-refractivity contribution >= 4 is 0 Å². The fourth-order valence-electron chi connectivity index (χ4n) is 0.710. The highest BCUT2D eigenvalue weighted by Crippen LogP contribution is 2.17. The van der Waals surface area contributed by atoms with E-state index in [1.54, 1.807) is 6.08 Å². The summed E-state index contributed by atoms with van der Waals surface area (Å²) in [4.78, 5) is 0. The second-order valence-electron chi connectivity index (χ2n) is 3.11. The first-order chi connectivity index (χ1) is 4.90. The monoisotopic (exact) mass is 157 g/mol. The first-order valence-corrected chi connectivity index (χ1v) is 3.66. The van der Waals surface area contributed by atoms with Crippen LogP contribution >= 0.6 is 0 Å². The molecule has 0 fully saturated rings. The lowest BCUT2D eigenvalue weighted by Gasteiger charge is -2.25. The Bertz CT molecular complexity index is 166. The maximum atomic E-state index is 12.4. The number of hydrogen-bond acceptors (Lipinski definition) is 1. The van der Waals surface area contributed by atoms with E-state index in [1.807, 2.05) is 13.8 Å². The molecule has 0 radical (unpaired) electrons. The van der Waals surface area contributed by atoms with E-state index in [-0.39, 0.29) is 11.7 Å². The van der Waals surface area contributed by atoms with Crippen LogP contribution in [0.1, 0.15) is 20.8 Å². The average molecular weight is 157 g/mol. The molecule has 2 heteroatoms. The normalized spacial score (nSPS) is 20.6. The maximum Gasteiger partial charge on any atom is 0.0932 e. The molecule has 64 valence electrons. The molecular formula is C9H16FN. The van der Waals surface area contributed by atoms with Gasteiger partial charge in [0.1, 0.15) is 0 Å². The quantitative estimate of drug-likeness (QED) is 0.625. The highest BCUT2D eigenvalue weighted by molar-refractivity contribution is 5.08. The van der Waals surface area contributed by atoms with E-state index >= 15 is 0 Å². The zero-order valence-corrected chi connectivity index (χ0v) is 7.39. The minimum absolute atomic E-state index is 0.0231. The molecule has 0 rings (SSSR count). The van der Waals surface area contributed by atoms with Gasteiger partial charge in [-0.25, -0.2) is 4.39 Å². The minimum Gasteiger partial charge on any atom is -0.322 e. The van der Waals surface area contributed by atoms with Gasteiger partial charge in [-0.1, -0.05) is 13.0 Å². The van der Waals surface area contributed by atoms with Crippen LogP contribution in [0.15, 0.2) is 24.6 Å². The van der Waals surface area contributed by atoms with Crippen molar-refractivity contribution in [3.63, 3.8) is 0 Å². The molecule has 0 aromatic carbocycles. The molecule has 1 unspecified atom stereocenters. The molecular weight excluding hydrogens is 141 g/mol. The van der Waals surface area contributed by atoms with E-state index in [0.717, 1.165) is 0 Å². The number of hydrogen-bond donors (Lipinski definition) is 1. The Labute approximate surface area is 67.8 Å². The van der Waals surface area contributed by atoms with Crippen molar-refractivity contribution in [1.82, 2.24) is 0 Å². The Hall–Kier alpha value is -0.630. The largest absolute Gasteiger partial charge is 0.322 e. The van der Waals surface area contributed by atoms with Crippen LogP contribution in [0.25, 0.3) is 0 Å². The van der Waals surface area contributed by atoms with Crippen LogP contribution in [0.4, 0.5) is 4.39 Å². The lowest BCUT2D eigenvalue weighted by atomic mass is 9.88. The third kappa shape index (κ3) is 3.33. The summed E-state index contributed by atoms with van der Waals surface area (Å²) >= 11 is 0. The highest BCUT2D eigenvalue weighted by Gasteiger charge is 2.20. The third-order valence-electron chi connectivity index (χ3n) is 1.90. The fraction of sp³-hybridized carbons (Fsp3) is 0.556. The zero-order chi connectivity index (χ0) is 9.07. The molecule has 0 aliphatic heterocycles. The van der Waals surface area contributed by atoms with Crippen LogP contribution < -0.4 is 5.73 Å². The van der Waals surface area contributed by atoms with E-state index in [9.17, 15) is 4.39 Å². The topological polar surface area (TPSA) is 26.0 Å². The van der Waals surface area contributed by atoms with Crippen molar-refractivity contribution < 1.29 is 4.39 Å². The predicted molar refractivity (Wildman–Crippen MR) is 46.8 cm³/mol. The van der Waals surface area contributed by atoms with Gasteiger partial charge in [0, 0.05) is 5.54 Å². The molecule has 0 aliphatic rings. The van der Waals surface area contributed by atoms with E-state index in [0.29, 0.717) is 0 Å². The van der Waals surface area contributed by atoms with Gasteiger partial charge in [0.25, 0.3) is 0 Å². The summed E-state index contributed by atoms with van der Waals surface area (Å²) < 4.78 is 12.4. The van der Waals surface area contributed by atoms with Crippen LogP contribution in [0.5, 0.6) is 0 Å². The molecule has 11 heavy (non-hydrogen) atoms. The van der Waals surface area contributed by atoms with Gasteiger partial charge < -0.3 is 5.73 Å². The lowest BCUT2D eigenvalue weighted by molar-refractivity contribution is 0.450. The molecule has 0 heterocycles. The molecule has 1 nitrogen and oxygen atoms in total. The summed E-state index contributed by atoms with van der Waals surface area (Å²) in [5.41, 5.74) is 5.26. The van der Waals surface area contributed by atoms with Crippen LogP contribution in [0, 0.1) is 5.92 Å². The predicted octanol–water partition coefficient (Wildman–Crippen LogP) is 2.40. The molecule has 2 N–H and O–H groups in total. The van der Waals surface area contributed by atoms with Gasteiger partial charge in [-0.05, 0) is 25.8 Å². The molecule has 0 spiro atoms. The van der Waals surface area contributed by atoms with Crippen molar-refractivity contribution in [2.24, 2.45) is 11.7 Å². The van der Waals surface area contributed by atoms with Gasteiger partial charge in [-0.15, -0.1) is 6.58 Å². The molecule has 0 amide bonds. The SMILES string of the molecule is C=C[C@](C)(N)C(C)/C=C(\C)F. The van der Waals surface area contributed by atoms with Gasteiger partial charge in [0.2, 0.25) is 0 Å². The summed E-state index contributed by atoms with van der Waals surface area (Å²) in [7, 11) is 0. The number of rotatable bonds is 3. The van der Waals surface area contributed by atoms with Crippen molar-refractivity contribution in [2.45, 2.75) is 26.3 Å². The Morgan fingerprint density at radius 3 is 2.45 bits per heavy atom. The molecule has 0 aromatic rings. The van der Waals surface area contributed by atoms with Crippen LogP contribution in [-0.2, 0) is 0 Å². The van der Waals surface area contributed by atoms with E-state index < -0.39 is 5.54 Å². The second kappa shape index (κ2) is 3.67. The van der Waals surface area contributed by atoms with Gasteiger partial charge in [-0.2, -0.15) is 0 Å². The molecule has 2 atom stereocenters. The van der Waals surface area contributed by atoms with Gasteiger partial charge in [-0.3, -0.25) is 0 Å². The Morgan fingerprint density at radius 2 is 2.18 bits per heavy atom. The first-order valence-electron chi connectivity index (χ1n) is 3.66. The van der Waals surface area contributed by atoms with E-state index in [4.69, 9.17) is 5.73 Å². The Morgan fingerprint density at radius 1 is 1.73 bits per heavy atom. The minimum atomic E-state index is -0.520. The Kier molecular flexibility index (Phi) is 3.46. The molecule has 0 aromatic heterocycles. The molecule has 0 bridgehead atoms. The second-order valence-corrected chi connectivity index (χ2v) is 3.11. The smallest absolute Gasteiger partial charge is 0.0932 e. The lowest BCUT2D eigenvalue weighted by Crippen LogP contribution is -2.39. The highest BCUT2D eigenvalue weighted by atomic mass is 19.1. The number of allylic oxidation sites excluding steroid dienone is 1. The van der Waals surface area contributed by atoms with Gasteiger partial charge in [0.15, 0.2) is 0 Å². The standard InChI is InChI=1S/C9H16FN/c1-5-9(4,11)7(2)6-8(3)10/h5-7H,1,11H2,2-4H3/b8-6+/t7?,9-/m0/s1. The van der Waals surface area contributed by atoms with Gasteiger partial charge in [0.05, 0.1) is 5.83 Å². The molecule has 0 aliphatic carbocycles. The summed E-state index contributed by atoms with van der Waals surface area (Å²) in [5, 5.41) is 0. The fourth-order valence-corrected chi connectivity index (χ4v) is 0.710. The average Bonchev–Trinajstić information content (AvgIpc) is 1.86. The summed E-state index contributed by atoms with van der Waals surface area (Å²) in [5.74, 6) is -0.221. The summed E-state index contributed by atoms with van der Waals surface area (Å²) in [6.07, 6.45) is 3.14. The van der Waals surface area contributed by atoms with Crippen LogP contribution in [-0.4, -0.2) is 5.54 Å². The summed E-state index contributed by atoms with van der Waals surface area (Å²) in [6, 6.07) is 0. The van der Waals surface area contributed by atoms with Crippen molar-refractivity contribution in [3.05, 3.63) is 24.6 Å².